The second-order valence-electron chi connectivity index (χ2n) is 4.47. The average molecular weight is 237 g/mol. The van der Waals surface area contributed by atoms with Gasteiger partial charge in [0.15, 0.2) is 0 Å². The quantitative estimate of drug-likeness (QED) is 0.762. The minimum absolute atomic E-state index is 0.00581. The lowest BCUT2D eigenvalue weighted by Gasteiger charge is -2.11. The zero-order valence-electron chi connectivity index (χ0n) is 9.74. The van der Waals surface area contributed by atoms with Crippen LogP contribution in [0.15, 0.2) is 18.2 Å². The van der Waals surface area contributed by atoms with E-state index in [1.807, 2.05) is 7.05 Å². The number of amides is 1. The van der Waals surface area contributed by atoms with Crippen molar-refractivity contribution in [2.75, 3.05) is 31.2 Å². The van der Waals surface area contributed by atoms with Gasteiger partial charge in [0.05, 0.1) is 11.6 Å². The van der Waals surface area contributed by atoms with E-state index in [1.54, 1.807) is 0 Å². The molecule has 0 aromatic heterocycles. The number of carbonyl (C=O) groups is 1. The number of hydrogen-bond donors (Lipinski definition) is 2. The highest BCUT2D eigenvalue weighted by atomic mass is 19.1. The van der Waals surface area contributed by atoms with Crippen LogP contribution >= 0.6 is 0 Å². The van der Waals surface area contributed by atoms with E-state index in [1.165, 1.54) is 18.2 Å². The van der Waals surface area contributed by atoms with Crippen LogP contribution in [0.5, 0.6) is 0 Å². The molecule has 0 saturated carbocycles. The lowest BCUT2D eigenvalue weighted by atomic mass is 10.1. The molecule has 1 aliphatic rings. The first kappa shape index (κ1) is 11.9. The van der Waals surface area contributed by atoms with Crippen molar-refractivity contribution < 1.29 is 9.18 Å². The van der Waals surface area contributed by atoms with E-state index in [4.69, 9.17) is 5.73 Å². The topological polar surface area (TPSA) is 58.4 Å². The maximum absolute atomic E-state index is 12.9. The standard InChI is InChI=1S/C12H16FN3O/c1-16-5-4-8(7-16)12(17)15-9-2-3-10(13)11(14)6-9/h2-3,6,8H,4-5,7,14H2,1H3,(H,15,17). The fraction of sp³-hybridized carbons (Fsp3) is 0.417. The van der Waals surface area contributed by atoms with Gasteiger partial charge in [-0.05, 0) is 38.2 Å². The van der Waals surface area contributed by atoms with Gasteiger partial charge in [-0.1, -0.05) is 0 Å². The van der Waals surface area contributed by atoms with E-state index in [-0.39, 0.29) is 17.5 Å². The molecule has 92 valence electrons. The Kier molecular flexibility index (Phi) is 3.28. The van der Waals surface area contributed by atoms with E-state index >= 15 is 0 Å². The summed E-state index contributed by atoms with van der Waals surface area (Å²) >= 11 is 0. The Morgan fingerprint density at radius 3 is 2.94 bits per heavy atom. The summed E-state index contributed by atoms with van der Waals surface area (Å²) < 4.78 is 12.9. The van der Waals surface area contributed by atoms with Crippen LogP contribution in [0.25, 0.3) is 0 Å². The van der Waals surface area contributed by atoms with Gasteiger partial charge in [0.1, 0.15) is 5.82 Å². The highest BCUT2D eigenvalue weighted by Gasteiger charge is 2.26. The van der Waals surface area contributed by atoms with Gasteiger partial charge < -0.3 is 16.0 Å². The molecule has 1 saturated heterocycles. The molecule has 0 spiro atoms. The number of nitrogen functional groups attached to an aromatic ring is 1. The normalized spacial score (nSPS) is 20.5. The van der Waals surface area contributed by atoms with Crippen molar-refractivity contribution in [3.05, 3.63) is 24.0 Å². The van der Waals surface area contributed by atoms with E-state index < -0.39 is 5.82 Å². The van der Waals surface area contributed by atoms with Crippen LogP contribution in [0.3, 0.4) is 0 Å². The molecular weight excluding hydrogens is 221 g/mol. The number of carbonyl (C=O) groups excluding carboxylic acids is 1. The number of benzene rings is 1. The first-order valence-electron chi connectivity index (χ1n) is 5.60. The number of halogens is 1. The van der Waals surface area contributed by atoms with Gasteiger partial charge in [-0.15, -0.1) is 0 Å². The van der Waals surface area contributed by atoms with Gasteiger partial charge in [0, 0.05) is 12.2 Å². The number of nitrogens with two attached hydrogens (primary N) is 1. The molecule has 0 radical (unpaired) electrons. The summed E-state index contributed by atoms with van der Waals surface area (Å²) in [6, 6.07) is 4.21. The molecule has 17 heavy (non-hydrogen) atoms. The van der Waals surface area contributed by atoms with Crippen molar-refractivity contribution in [1.82, 2.24) is 4.90 Å². The molecule has 1 amide bonds. The SMILES string of the molecule is CN1CCC(C(=O)Nc2ccc(F)c(N)c2)C1. The van der Waals surface area contributed by atoms with Crippen molar-refractivity contribution >= 4 is 17.3 Å². The lowest BCUT2D eigenvalue weighted by Crippen LogP contribution is -2.25. The number of nitrogens with one attached hydrogen (secondary N) is 1. The first-order valence-corrected chi connectivity index (χ1v) is 5.60. The third-order valence-corrected chi connectivity index (χ3v) is 3.03. The number of anilines is 2. The fourth-order valence-corrected chi connectivity index (χ4v) is 2.01. The van der Waals surface area contributed by atoms with Gasteiger partial charge in [-0.3, -0.25) is 4.79 Å². The molecule has 1 aromatic rings. The van der Waals surface area contributed by atoms with Crippen molar-refractivity contribution in [1.29, 1.82) is 0 Å². The summed E-state index contributed by atoms with van der Waals surface area (Å²) in [6.45, 7) is 1.70. The Morgan fingerprint density at radius 1 is 1.59 bits per heavy atom. The molecule has 1 aliphatic heterocycles. The average Bonchev–Trinajstić information content (AvgIpc) is 2.70. The van der Waals surface area contributed by atoms with Gasteiger partial charge in [0.25, 0.3) is 0 Å². The summed E-state index contributed by atoms with van der Waals surface area (Å²) in [5.74, 6) is -0.491. The van der Waals surface area contributed by atoms with Crippen LogP contribution in [-0.2, 0) is 4.79 Å². The van der Waals surface area contributed by atoms with Crippen LogP contribution in [0, 0.1) is 11.7 Å². The summed E-state index contributed by atoms with van der Waals surface area (Å²) in [4.78, 5) is 14.0. The first-order chi connectivity index (χ1) is 8.06. The minimum atomic E-state index is -0.469. The summed E-state index contributed by atoms with van der Waals surface area (Å²) in [7, 11) is 1.99. The highest BCUT2D eigenvalue weighted by molar-refractivity contribution is 5.93. The maximum atomic E-state index is 12.9. The zero-order valence-corrected chi connectivity index (χ0v) is 9.74. The monoisotopic (exact) mass is 237 g/mol. The summed E-state index contributed by atoms with van der Waals surface area (Å²) in [5.41, 5.74) is 6.03. The van der Waals surface area contributed by atoms with Crippen LogP contribution in [0.2, 0.25) is 0 Å². The Bertz CT molecular complexity index is 436. The molecule has 3 N–H and O–H groups in total. The van der Waals surface area contributed by atoms with Crippen molar-refractivity contribution in [2.24, 2.45) is 5.92 Å². The molecule has 1 unspecified atom stereocenters. The zero-order chi connectivity index (χ0) is 12.4. The van der Waals surface area contributed by atoms with E-state index in [0.29, 0.717) is 5.69 Å². The molecule has 1 fully saturated rings. The van der Waals surface area contributed by atoms with Crippen molar-refractivity contribution in [3.63, 3.8) is 0 Å². The van der Waals surface area contributed by atoms with Crippen LogP contribution in [0.4, 0.5) is 15.8 Å². The van der Waals surface area contributed by atoms with Gasteiger partial charge >= 0.3 is 0 Å². The lowest BCUT2D eigenvalue weighted by molar-refractivity contribution is -0.119. The van der Waals surface area contributed by atoms with Gasteiger partial charge in [-0.25, -0.2) is 4.39 Å². The molecular formula is C12H16FN3O. The van der Waals surface area contributed by atoms with E-state index in [0.717, 1.165) is 19.5 Å². The molecule has 1 aromatic carbocycles. The molecule has 0 aliphatic carbocycles. The fourth-order valence-electron chi connectivity index (χ4n) is 2.01. The Morgan fingerprint density at radius 2 is 2.35 bits per heavy atom. The second-order valence-corrected chi connectivity index (χ2v) is 4.47. The van der Waals surface area contributed by atoms with E-state index in [2.05, 4.69) is 10.2 Å². The molecule has 4 nitrogen and oxygen atoms in total. The van der Waals surface area contributed by atoms with Crippen LogP contribution < -0.4 is 11.1 Å². The number of nitrogens with zero attached hydrogens (tertiary/aromatic N) is 1. The predicted molar refractivity (Wildman–Crippen MR) is 65.0 cm³/mol. The van der Waals surface area contributed by atoms with Crippen molar-refractivity contribution in [3.8, 4) is 0 Å². The number of likely N-dealkylation sites (tertiary alicyclic amines) is 1. The van der Waals surface area contributed by atoms with Gasteiger partial charge in [0.2, 0.25) is 5.91 Å². The Labute approximate surface area is 99.6 Å². The molecule has 5 heteroatoms. The Hall–Kier alpha value is -1.62. The van der Waals surface area contributed by atoms with E-state index in [9.17, 15) is 9.18 Å². The number of hydrogen-bond acceptors (Lipinski definition) is 3. The van der Waals surface area contributed by atoms with Gasteiger partial charge in [-0.2, -0.15) is 0 Å². The van der Waals surface area contributed by atoms with Crippen LogP contribution in [-0.4, -0.2) is 30.9 Å². The summed E-state index contributed by atoms with van der Waals surface area (Å²) in [5, 5.41) is 2.76. The third kappa shape index (κ3) is 2.74. The minimum Gasteiger partial charge on any atom is -0.396 e. The molecule has 0 bridgehead atoms. The smallest absolute Gasteiger partial charge is 0.228 e. The second kappa shape index (κ2) is 4.71. The van der Waals surface area contributed by atoms with Crippen LogP contribution in [0.1, 0.15) is 6.42 Å². The molecule has 1 atom stereocenters. The molecule has 2 rings (SSSR count). The summed E-state index contributed by atoms with van der Waals surface area (Å²) in [6.07, 6.45) is 0.860. The Balaban J connectivity index is 2.00. The largest absolute Gasteiger partial charge is 0.396 e. The number of rotatable bonds is 2. The predicted octanol–water partition coefficient (Wildman–Crippen LogP) is 1.30. The third-order valence-electron chi connectivity index (χ3n) is 3.03. The molecule has 1 heterocycles. The maximum Gasteiger partial charge on any atom is 0.228 e. The highest BCUT2D eigenvalue weighted by Crippen LogP contribution is 2.20. The van der Waals surface area contributed by atoms with Crippen molar-refractivity contribution in [2.45, 2.75) is 6.42 Å².